The van der Waals surface area contributed by atoms with Gasteiger partial charge in [0.2, 0.25) is 0 Å². The highest BCUT2D eigenvalue weighted by molar-refractivity contribution is 6.19. The molecule has 0 unspecified atom stereocenters. The van der Waals surface area contributed by atoms with Gasteiger partial charge in [-0.25, -0.2) is 4.79 Å². The van der Waals surface area contributed by atoms with E-state index in [1.54, 1.807) is 0 Å². The second-order valence-electron chi connectivity index (χ2n) is 2.68. The normalized spacial score (nSPS) is 12.8. The van der Waals surface area contributed by atoms with Gasteiger partial charge in [-0.2, -0.15) is 0 Å². The van der Waals surface area contributed by atoms with E-state index in [1.165, 1.54) is 13.3 Å². The Bertz CT molecular complexity index is 382. The Morgan fingerprint density at radius 2 is 2.15 bits per heavy atom. The van der Waals surface area contributed by atoms with Gasteiger partial charge in [0, 0.05) is 11.8 Å². The van der Waals surface area contributed by atoms with E-state index in [1.807, 2.05) is 24.3 Å². The predicted molar refractivity (Wildman–Crippen MR) is 48.2 cm³/mol. The van der Waals surface area contributed by atoms with Crippen LogP contribution in [-0.2, 0) is 9.53 Å². The van der Waals surface area contributed by atoms with Crippen LogP contribution in [0.25, 0.3) is 5.57 Å². The van der Waals surface area contributed by atoms with E-state index in [-0.39, 0.29) is 5.97 Å². The Morgan fingerprint density at radius 1 is 1.38 bits per heavy atom. The van der Waals surface area contributed by atoms with E-state index in [0.717, 1.165) is 11.3 Å². The number of carbonyl (C=O) groups excluding carboxylic acids is 1. The van der Waals surface area contributed by atoms with Gasteiger partial charge in [0.1, 0.15) is 0 Å². The minimum Gasteiger partial charge on any atom is -0.465 e. The van der Waals surface area contributed by atoms with Gasteiger partial charge < -0.3 is 4.74 Å². The molecule has 0 bridgehead atoms. The molecule has 0 N–H and O–H groups in total. The van der Waals surface area contributed by atoms with Crippen molar-refractivity contribution >= 4 is 17.2 Å². The summed E-state index contributed by atoms with van der Waals surface area (Å²) in [5.41, 5.74) is 2.19. The number of benzene rings is 1. The number of ether oxygens (including phenoxy) is 1. The lowest BCUT2D eigenvalue weighted by molar-refractivity contribution is -0.133. The first-order chi connectivity index (χ1) is 6.33. The molecule has 1 heterocycles. The quantitative estimate of drug-likeness (QED) is 0.604. The molecular weight excluding hydrogens is 166 g/mol. The molecule has 3 heteroatoms. The fourth-order valence-electron chi connectivity index (χ4n) is 1.29. The van der Waals surface area contributed by atoms with Gasteiger partial charge in [0.15, 0.2) is 0 Å². The molecule has 0 amide bonds. The monoisotopic (exact) mass is 174 g/mol. The Labute approximate surface area is 76.0 Å². The van der Waals surface area contributed by atoms with Crippen LogP contribution in [0.5, 0.6) is 0 Å². The smallest absolute Gasteiger partial charge is 0.340 e. The number of esters is 1. The van der Waals surface area contributed by atoms with Crippen molar-refractivity contribution < 1.29 is 9.53 Å². The number of rotatable bonds is 1. The molecule has 1 aliphatic heterocycles. The molecule has 0 spiro atoms. The maximum atomic E-state index is 11.2. The fourth-order valence-corrected chi connectivity index (χ4v) is 1.29. The second-order valence-corrected chi connectivity index (χ2v) is 2.68. The minimum absolute atomic E-state index is 0.339. The van der Waals surface area contributed by atoms with Gasteiger partial charge in [-0.15, -0.1) is 0 Å². The zero-order valence-corrected chi connectivity index (χ0v) is 7.15. The molecule has 0 atom stereocenters. The van der Waals surface area contributed by atoms with Crippen molar-refractivity contribution in [3.63, 3.8) is 0 Å². The molecule has 0 fully saturated rings. The molecule has 3 nitrogen and oxygen atoms in total. The SMILES string of the molecule is COC(=O)C1=C[N]c2ccccc21. The number of hydrogen-bond donors (Lipinski definition) is 0. The van der Waals surface area contributed by atoms with Crippen LogP contribution in [0.2, 0.25) is 0 Å². The van der Waals surface area contributed by atoms with Gasteiger partial charge in [0.25, 0.3) is 0 Å². The van der Waals surface area contributed by atoms with Crippen LogP contribution in [0.15, 0.2) is 30.5 Å². The lowest BCUT2D eigenvalue weighted by Crippen LogP contribution is -2.01. The Balaban J connectivity index is 2.41. The Kier molecular flexibility index (Phi) is 1.77. The minimum atomic E-state index is -0.339. The highest BCUT2D eigenvalue weighted by Gasteiger charge is 2.20. The van der Waals surface area contributed by atoms with Crippen molar-refractivity contribution in [1.82, 2.24) is 5.32 Å². The topological polar surface area (TPSA) is 40.4 Å². The summed E-state index contributed by atoms with van der Waals surface area (Å²) < 4.78 is 4.62. The van der Waals surface area contributed by atoms with Gasteiger partial charge >= 0.3 is 5.97 Å². The van der Waals surface area contributed by atoms with Crippen molar-refractivity contribution in [1.29, 1.82) is 0 Å². The van der Waals surface area contributed by atoms with Crippen molar-refractivity contribution in [3.8, 4) is 0 Å². The summed E-state index contributed by atoms with van der Waals surface area (Å²) in [7, 11) is 1.37. The van der Waals surface area contributed by atoms with Gasteiger partial charge in [0.05, 0.1) is 18.4 Å². The average molecular weight is 174 g/mol. The summed E-state index contributed by atoms with van der Waals surface area (Å²) in [5.74, 6) is -0.339. The lowest BCUT2D eigenvalue weighted by atomic mass is 10.1. The number of carbonyl (C=O) groups is 1. The number of fused-ring (bicyclic) bond motifs is 1. The fraction of sp³-hybridized carbons (Fsp3) is 0.100. The van der Waals surface area contributed by atoms with E-state index >= 15 is 0 Å². The summed E-state index contributed by atoms with van der Waals surface area (Å²) in [6.07, 6.45) is 1.54. The van der Waals surface area contributed by atoms with Crippen LogP contribution in [-0.4, -0.2) is 13.1 Å². The van der Waals surface area contributed by atoms with Crippen LogP contribution in [0.4, 0.5) is 5.69 Å². The molecule has 1 aromatic carbocycles. The third-order valence-corrected chi connectivity index (χ3v) is 1.93. The molecule has 1 aliphatic rings. The molecule has 0 saturated heterocycles. The van der Waals surface area contributed by atoms with Crippen molar-refractivity contribution in [2.45, 2.75) is 0 Å². The van der Waals surface area contributed by atoms with Crippen molar-refractivity contribution in [3.05, 3.63) is 36.0 Å². The number of nitrogens with zero attached hydrogens (tertiary/aromatic N) is 1. The molecule has 13 heavy (non-hydrogen) atoms. The molecule has 0 saturated carbocycles. The van der Waals surface area contributed by atoms with E-state index in [2.05, 4.69) is 10.1 Å². The van der Waals surface area contributed by atoms with Crippen LogP contribution in [0, 0.1) is 0 Å². The third-order valence-electron chi connectivity index (χ3n) is 1.93. The largest absolute Gasteiger partial charge is 0.465 e. The summed E-state index contributed by atoms with van der Waals surface area (Å²) >= 11 is 0. The lowest BCUT2D eigenvalue weighted by Gasteiger charge is -2.00. The first-order valence-electron chi connectivity index (χ1n) is 3.91. The zero-order valence-electron chi connectivity index (χ0n) is 7.15. The van der Waals surface area contributed by atoms with Crippen LogP contribution >= 0.6 is 0 Å². The maximum Gasteiger partial charge on any atom is 0.340 e. The van der Waals surface area contributed by atoms with Gasteiger partial charge in [-0.3, -0.25) is 5.32 Å². The van der Waals surface area contributed by atoms with Gasteiger partial charge in [-0.1, -0.05) is 18.2 Å². The molecule has 1 radical (unpaired) electrons. The molecular formula is C10H8NO2. The number of hydrogen-bond acceptors (Lipinski definition) is 2. The van der Waals surface area contributed by atoms with Crippen molar-refractivity contribution in [2.24, 2.45) is 0 Å². The van der Waals surface area contributed by atoms with Crippen molar-refractivity contribution in [2.75, 3.05) is 7.11 Å². The van der Waals surface area contributed by atoms with E-state index < -0.39 is 0 Å². The van der Waals surface area contributed by atoms with E-state index in [0.29, 0.717) is 5.57 Å². The van der Waals surface area contributed by atoms with E-state index in [4.69, 9.17) is 0 Å². The summed E-state index contributed by atoms with van der Waals surface area (Å²) in [4.78, 5) is 11.2. The molecule has 0 aromatic heterocycles. The standard InChI is InChI=1S/C10H8NO2/c1-13-10(12)8-6-11-9-5-3-2-4-7(8)9/h2-6H,1H3. The zero-order chi connectivity index (χ0) is 9.26. The number of methoxy groups -OCH3 is 1. The molecule has 0 aliphatic carbocycles. The highest BCUT2D eigenvalue weighted by Crippen LogP contribution is 2.29. The Morgan fingerprint density at radius 3 is 2.92 bits per heavy atom. The second kappa shape index (κ2) is 2.94. The number of para-hydroxylation sites is 1. The van der Waals surface area contributed by atoms with Crippen LogP contribution in [0.3, 0.4) is 0 Å². The van der Waals surface area contributed by atoms with Gasteiger partial charge in [-0.05, 0) is 6.07 Å². The molecule has 65 valence electrons. The predicted octanol–water partition coefficient (Wildman–Crippen LogP) is 1.45. The maximum absolute atomic E-state index is 11.2. The highest BCUT2D eigenvalue weighted by atomic mass is 16.5. The molecule has 1 aromatic rings. The summed E-state index contributed by atoms with van der Waals surface area (Å²) in [6, 6.07) is 7.48. The Hall–Kier alpha value is -1.77. The average Bonchev–Trinajstić information content (AvgIpc) is 2.60. The summed E-state index contributed by atoms with van der Waals surface area (Å²) in [6.45, 7) is 0. The third kappa shape index (κ3) is 1.18. The summed E-state index contributed by atoms with van der Waals surface area (Å²) in [5, 5.41) is 4.09. The first kappa shape index (κ1) is 7.86. The first-order valence-corrected chi connectivity index (χ1v) is 3.91. The van der Waals surface area contributed by atoms with Crippen LogP contribution in [0.1, 0.15) is 5.56 Å². The van der Waals surface area contributed by atoms with E-state index in [9.17, 15) is 4.79 Å². The van der Waals surface area contributed by atoms with Crippen LogP contribution < -0.4 is 5.32 Å². The molecule has 2 rings (SSSR count).